The van der Waals surface area contributed by atoms with E-state index in [9.17, 15) is 4.79 Å². The molecule has 0 radical (unpaired) electrons. The van der Waals surface area contributed by atoms with Gasteiger partial charge in [0, 0.05) is 12.5 Å². The minimum Gasteiger partial charge on any atom is -0.497 e. The number of primary amides is 1. The van der Waals surface area contributed by atoms with Gasteiger partial charge in [-0.1, -0.05) is 6.07 Å². The average molecular weight is 238 g/mol. The lowest BCUT2D eigenvalue weighted by molar-refractivity contribution is -0.120. The molecule has 0 aliphatic rings. The monoisotopic (exact) mass is 238 g/mol. The Morgan fingerprint density at radius 2 is 2.18 bits per heavy atom. The molecule has 1 aromatic rings. The van der Waals surface area contributed by atoms with Crippen molar-refractivity contribution < 1.29 is 14.3 Å². The van der Waals surface area contributed by atoms with Crippen LogP contribution in [-0.2, 0) is 4.79 Å². The molecule has 0 saturated carbocycles. The normalized spacial score (nSPS) is 11.9. The molecule has 0 heterocycles. The Morgan fingerprint density at radius 1 is 1.47 bits per heavy atom. The van der Waals surface area contributed by atoms with Crippen molar-refractivity contribution in [3.63, 3.8) is 0 Å². The van der Waals surface area contributed by atoms with Gasteiger partial charge in [-0.15, -0.1) is 0 Å². The summed E-state index contributed by atoms with van der Waals surface area (Å²) in [6, 6.07) is 6.95. The molecule has 0 saturated heterocycles. The van der Waals surface area contributed by atoms with Crippen LogP contribution in [0.1, 0.15) is 6.42 Å². The number of nitrogens with two attached hydrogens (primary N) is 1. The molecule has 3 N–H and O–H groups in total. The van der Waals surface area contributed by atoms with E-state index in [0.717, 1.165) is 5.75 Å². The van der Waals surface area contributed by atoms with Crippen molar-refractivity contribution >= 4 is 5.91 Å². The smallest absolute Gasteiger partial charge is 0.234 e. The van der Waals surface area contributed by atoms with E-state index < -0.39 is 0 Å². The second-order valence-corrected chi connectivity index (χ2v) is 3.56. The van der Waals surface area contributed by atoms with Crippen LogP contribution in [0.3, 0.4) is 0 Å². The van der Waals surface area contributed by atoms with E-state index >= 15 is 0 Å². The fraction of sp³-hybridized carbons (Fsp3) is 0.417. The summed E-state index contributed by atoms with van der Waals surface area (Å²) in [6.45, 7) is 0.418. The molecule has 1 atom stereocenters. The predicted octanol–water partition coefficient (Wildman–Crippen LogP) is 0.537. The lowest BCUT2D eigenvalue weighted by Crippen LogP contribution is -2.40. The Balaban J connectivity index is 2.42. The molecular formula is C12H18N2O3. The molecule has 1 aromatic carbocycles. The number of rotatable bonds is 7. The molecule has 1 rings (SSSR count). The van der Waals surface area contributed by atoms with Gasteiger partial charge in [0.2, 0.25) is 5.91 Å². The van der Waals surface area contributed by atoms with E-state index in [4.69, 9.17) is 15.2 Å². The van der Waals surface area contributed by atoms with Crippen LogP contribution in [0.2, 0.25) is 0 Å². The summed E-state index contributed by atoms with van der Waals surface area (Å²) in [6.07, 6.45) is 0.531. The summed E-state index contributed by atoms with van der Waals surface area (Å²) in [5, 5.41) is 2.83. The number of benzene rings is 1. The largest absolute Gasteiger partial charge is 0.497 e. The summed E-state index contributed by atoms with van der Waals surface area (Å²) in [7, 11) is 3.30. The zero-order valence-corrected chi connectivity index (χ0v) is 10.1. The van der Waals surface area contributed by atoms with Crippen molar-refractivity contribution in [2.45, 2.75) is 12.5 Å². The standard InChI is InChI=1S/C12H18N2O3/c1-14-11(12(13)15)6-7-17-10-5-3-4-9(8-10)16-2/h3-5,8,11,14H,6-7H2,1-2H3,(H2,13,15). The third-order valence-electron chi connectivity index (χ3n) is 2.41. The molecule has 5 nitrogen and oxygen atoms in total. The zero-order valence-electron chi connectivity index (χ0n) is 10.1. The van der Waals surface area contributed by atoms with E-state index in [2.05, 4.69) is 5.32 Å². The third kappa shape index (κ3) is 4.32. The molecule has 0 aliphatic heterocycles. The van der Waals surface area contributed by atoms with Crippen LogP contribution in [0, 0.1) is 0 Å². The fourth-order valence-corrected chi connectivity index (χ4v) is 1.41. The van der Waals surface area contributed by atoms with Gasteiger partial charge in [0.1, 0.15) is 11.5 Å². The van der Waals surface area contributed by atoms with Crippen LogP contribution < -0.4 is 20.5 Å². The molecule has 1 unspecified atom stereocenters. The summed E-state index contributed by atoms with van der Waals surface area (Å²) in [5.41, 5.74) is 5.20. The summed E-state index contributed by atoms with van der Waals surface area (Å²) in [5.74, 6) is 1.08. The number of amides is 1. The highest BCUT2D eigenvalue weighted by molar-refractivity contribution is 5.79. The Labute approximate surface area is 101 Å². The van der Waals surface area contributed by atoms with Gasteiger partial charge in [-0.05, 0) is 19.2 Å². The number of hydrogen-bond donors (Lipinski definition) is 2. The number of carbonyl (C=O) groups is 1. The highest BCUT2D eigenvalue weighted by Crippen LogP contribution is 2.18. The maximum Gasteiger partial charge on any atom is 0.234 e. The molecule has 5 heteroatoms. The third-order valence-corrected chi connectivity index (χ3v) is 2.41. The number of carbonyl (C=O) groups excluding carboxylic acids is 1. The SMILES string of the molecule is CNC(CCOc1cccc(OC)c1)C(N)=O. The van der Waals surface area contributed by atoms with Crippen LogP contribution in [-0.4, -0.2) is 32.7 Å². The Morgan fingerprint density at radius 3 is 2.76 bits per heavy atom. The highest BCUT2D eigenvalue weighted by Gasteiger charge is 2.12. The van der Waals surface area contributed by atoms with Crippen molar-refractivity contribution in [2.24, 2.45) is 5.73 Å². The van der Waals surface area contributed by atoms with Crippen LogP contribution in [0.25, 0.3) is 0 Å². The zero-order chi connectivity index (χ0) is 12.7. The topological polar surface area (TPSA) is 73.6 Å². The van der Waals surface area contributed by atoms with Gasteiger partial charge < -0.3 is 20.5 Å². The first-order valence-electron chi connectivity index (χ1n) is 5.40. The molecule has 94 valence electrons. The van der Waals surface area contributed by atoms with Gasteiger partial charge in [0.05, 0.1) is 19.8 Å². The quantitative estimate of drug-likeness (QED) is 0.727. The summed E-state index contributed by atoms with van der Waals surface area (Å²) in [4.78, 5) is 11.0. The lowest BCUT2D eigenvalue weighted by atomic mass is 10.2. The minimum absolute atomic E-state index is 0.361. The van der Waals surface area contributed by atoms with Gasteiger partial charge in [-0.2, -0.15) is 0 Å². The van der Waals surface area contributed by atoms with Crippen molar-refractivity contribution in [2.75, 3.05) is 20.8 Å². The summed E-state index contributed by atoms with van der Waals surface area (Å²) < 4.78 is 10.6. The molecule has 0 bridgehead atoms. The minimum atomic E-state index is -0.373. The first-order chi connectivity index (χ1) is 8.17. The van der Waals surface area contributed by atoms with E-state index in [1.807, 2.05) is 18.2 Å². The number of likely N-dealkylation sites (N-methyl/N-ethyl adjacent to an activating group) is 1. The second-order valence-electron chi connectivity index (χ2n) is 3.56. The molecule has 17 heavy (non-hydrogen) atoms. The van der Waals surface area contributed by atoms with Crippen molar-refractivity contribution in [3.8, 4) is 11.5 Å². The number of nitrogens with one attached hydrogen (secondary N) is 1. The predicted molar refractivity (Wildman–Crippen MR) is 65.1 cm³/mol. The first kappa shape index (κ1) is 13.3. The van der Waals surface area contributed by atoms with Crippen molar-refractivity contribution in [1.82, 2.24) is 5.32 Å². The van der Waals surface area contributed by atoms with Gasteiger partial charge in [-0.25, -0.2) is 0 Å². The van der Waals surface area contributed by atoms with E-state index in [1.165, 1.54) is 0 Å². The second kappa shape index (κ2) is 6.75. The molecule has 0 aromatic heterocycles. The van der Waals surface area contributed by atoms with Crippen LogP contribution in [0.15, 0.2) is 24.3 Å². The maximum absolute atomic E-state index is 11.0. The van der Waals surface area contributed by atoms with E-state index in [0.29, 0.717) is 18.8 Å². The molecule has 0 aliphatic carbocycles. The van der Waals surface area contributed by atoms with Crippen LogP contribution in [0.5, 0.6) is 11.5 Å². The van der Waals surface area contributed by atoms with Crippen LogP contribution in [0.4, 0.5) is 0 Å². The first-order valence-corrected chi connectivity index (χ1v) is 5.40. The Bertz CT molecular complexity index is 369. The lowest BCUT2D eigenvalue weighted by Gasteiger charge is -2.13. The number of ether oxygens (including phenoxy) is 2. The maximum atomic E-state index is 11.0. The molecule has 0 spiro atoms. The molecular weight excluding hydrogens is 220 g/mol. The van der Waals surface area contributed by atoms with Gasteiger partial charge in [0.25, 0.3) is 0 Å². The van der Waals surface area contributed by atoms with Gasteiger partial charge in [0.15, 0.2) is 0 Å². The molecule has 1 amide bonds. The van der Waals surface area contributed by atoms with Crippen LogP contribution >= 0.6 is 0 Å². The Hall–Kier alpha value is -1.75. The Kier molecular flexibility index (Phi) is 5.29. The molecule has 0 fully saturated rings. The van der Waals surface area contributed by atoms with E-state index in [-0.39, 0.29) is 11.9 Å². The number of hydrogen-bond acceptors (Lipinski definition) is 4. The van der Waals surface area contributed by atoms with Crippen molar-refractivity contribution in [1.29, 1.82) is 0 Å². The number of methoxy groups -OCH3 is 1. The van der Waals surface area contributed by atoms with Crippen molar-refractivity contribution in [3.05, 3.63) is 24.3 Å². The van der Waals surface area contributed by atoms with Gasteiger partial charge >= 0.3 is 0 Å². The van der Waals surface area contributed by atoms with Gasteiger partial charge in [-0.3, -0.25) is 4.79 Å². The average Bonchev–Trinajstić information content (AvgIpc) is 2.34. The summed E-state index contributed by atoms with van der Waals surface area (Å²) >= 11 is 0. The van der Waals surface area contributed by atoms with E-state index in [1.54, 1.807) is 20.2 Å². The fourth-order valence-electron chi connectivity index (χ4n) is 1.41. The highest BCUT2D eigenvalue weighted by atomic mass is 16.5.